The highest BCUT2D eigenvalue weighted by molar-refractivity contribution is 7.20. The van der Waals surface area contributed by atoms with Crippen LogP contribution in [0.15, 0.2) is 59.0 Å². The van der Waals surface area contributed by atoms with Crippen LogP contribution in [0.25, 0.3) is 26.6 Å². The minimum Gasteiger partial charge on any atom is -0.503 e. The van der Waals surface area contributed by atoms with Crippen LogP contribution in [0.1, 0.15) is 34.4 Å². The minimum atomic E-state index is -0.678. The zero-order valence-electron chi connectivity index (χ0n) is 17.8. The van der Waals surface area contributed by atoms with E-state index in [1.807, 2.05) is 25.1 Å². The van der Waals surface area contributed by atoms with Crippen LogP contribution >= 0.6 is 11.3 Å². The molecule has 6 nitrogen and oxygen atoms in total. The Hall–Kier alpha value is -3.91. The van der Waals surface area contributed by atoms with Crippen LogP contribution in [0, 0.1) is 12.7 Å². The molecule has 2 aromatic carbocycles. The maximum atomic E-state index is 14.9. The molecule has 0 radical (unpaired) electrons. The Labute approximate surface area is 192 Å². The zero-order valence-corrected chi connectivity index (χ0v) is 18.6. The molecule has 0 saturated heterocycles. The lowest BCUT2D eigenvalue weighted by atomic mass is 10.0. The highest BCUT2D eigenvalue weighted by Crippen LogP contribution is 2.45. The number of rotatable bonds is 5. The third kappa shape index (κ3) is 3.39. The van der Waals surface area contributed by atoms with Gasteiger partial charge in [0.2, 0.25) is 11.7 Å². The number of fused-ring (bicyclic) bond motifs is 1. The van der Waals surface area contributed by atoms with Gasteiger partial charge in [0.15, 0.2) is 16.6 Å². The summed E-state index contributed by atoms with van der Waals surface area (Å²) in [5, 5.41) is 22.0. The van der Waals surface area contributed by atoms with Gasteiger partial charge >= 0.3 is 0 Å². The SMILES string of the molecule is CCc1ccc2nc(-n3c(O)c(O)c(C(=O)c4ccc(C)o4)c3-c3ccccc3F)sc2c1. The summed E-state index contributed by atoms with van der Waals surface area (Å²) in [6.45, 7) is 3.73. The maximum Gasteiger partial charge on any atom is 0.242 e. The molecule has 5 rings (SSSR count). The van der Waals surface area contributed by atoms with Gasteiger partial charge in [-0.25, -0.2) is 9.37 Å². The Morgan fingerprint density at radius 3 is 2.64 bits per heavy atom. The summed E-state index contributed by atoms with van der Waals surface area (Å²) >= 11 is 1.27. The van der Waals surface area contributed by atoms with Crippen molar-refractivity contribution < 1.29 is 23.8 Å². The van der Waals surface area contributed by atoms with E-state index in [1.165, 1.54) is 40.2 Å². The first-order valence-corrected chi connectivity index (χ1v) is 11.1. The van der Waals surface area contributed by atoms with Gasteiger partial charge in [-0.15, -0.1) is 0 Å². The number of carbonyl (C=O) groups is 1. The summed E-state index contributed by atoms with van der Waals surface area (Å²) in [5.74, 6) is -2.09. The number of ketones is 1. The van der Waals surface area contributed by atoms with Crippen LogP contribution < -0.4 is 0 Å². The normalized spacial score (nSPS) is 11.4. The molecule has 166 valence electrons. The molecule has 5 aromatic rings. The number of benzene rings is 2. The van der Waals surface area contributed by atoms with Gasteiger partial charge in [0, 0.05) is 5.56 Å². The number of carbonyl (C=O) groups excluding carboxylic acids is 1. The summed E-state index contributed by atoms with van der Waals surface area (Å²) in [5.41, 5.74) is 1.58. The molecule has 0 spiro atoms. The first kappa shape index (κ1) is 21.0. The number of nitrogens with zero attached hydrogens (tertiary/aromatic N) is 2. The molecule has 0 saturated carbocycles. The molecule has 0 amide bonds. The van der Waals surface area contributed by atoms with Crippen molar-refractivity contribution in [2.45, 2.75) is 20.3 Å². The van der Waals surface area contributed by atoms with E-state index >= 15 is 0 Å². The Bertz CT molecular complexity index is 1530. The molecule has 0 bridgehead atoms. The van der Waals surface area contributed by atoms with E-state index in [0.29, 0.717) is 16.4 Å². The van der Waals surface area contributed by atoms with Gasteiger partial charge in [-0.2, -0.15) is 0 Å². The Morgan fingerprint density at radius 1 is 1.15 bits per heavy atom. The molecule has 0 fully saturated rings. The minimum absolute atomic E-state index is 0.00285. The van der Waals surface area contributed by atoms with Crippen LogP contribution in [0.3, 0.4) is 0 Å². The number of furan rings is 1. The van der Waals surface area contributed by atoms with E-state index in [-0.39, 0.29) is 22.6 Å². The lowest BCUT2D eigenvalue weighted by Gasteiger charge is -2.09. The van der Waals surface area contributed by atoms with Crippen molar-refractivity contribution in [2.75, 3.05) is 0 Å². The van der Waals surface area contributed by atoms with Crippen LogP contribution in [0.4, 0.5) is 4.39 Å². The van der Waals surface area contributed by atoms with Gasteiger partial charge in [-0.05, 0) is 55.3 Å². The predicted octanol–water partition coefficient (Wildman–Crippen LogP) is 6.00. The standard InChI is InChI=1S/C25H19FN2O4S/c1-3-14-9-10-17-19(12-14)33-25(27-17)28-21(15-6-4-5-7-16(15)26)20(23(30)24(28)31)22(29)18-11-8-13(2)32-18/h4-12,30-31H,3H2,1-2H3. The summed E-state index contributed by atoms with van der Waals surface area (Å²) in [6.07, 6.45) is 0.848. The summed E-state index contributed by atoms with van der Waals surface area (Å²) in [6, 6.07) is 14.8. The largest absolute Gasteiger partial charge is 0.503 e. The van der Waals surface area contributed by atoms with Crippen LogP contribution in [-0.2, 0) is 6.42 Å². The summed E-state index contributed by atoms with van der Waals surface area (Å²) in [4.78, 5) is 17.9. The molecular formula is C25H19FN2O4S. The molecule has 2 N–H and O–H groups in total. The molecule has 0 aliphatic rings. The Kier molecular flexibility index (Phi) is 5.02. The van der Waals surface area contributed by atoms with E-state index in [1.54, 1.807) is 19.1 Å². The van der Waals surface area contributed by atoms with Crippen molar-refractivity contribution in [3.05, 3.63) is 83.1 Å². The number of hydrogen-bond donors (Lipinski definition) is 2. The van der Waals surface area contributed by atoms with Crippen molar-refractivity contribution in [2.24, 2.45) is 0 Å². The molecule has 3 heterocycles. The van der Waals surface area contributed by atoms with E-state index in [2.05, 4.69) is 4.98 Å². The smallest absolute Gasteiger partial charge is 0.242 e. The quantitative estimate of drug-likeness (QED) is 0.313. The molecule has 0 atom stereocenters. The van der Waals surface area contributed by atoms with Crippen LogP contribution in [0.2, 0.25) is 0 Å². The van der Waals surface area contributed by atoms with E-state index < -0.39 is 23.2 Å². The fourth-order valence-corrected chi connectivity index (χ4v) is 4.85. The van der Waals surface area contributed by atoms with Crippen LogP contribution in [0.5, 0.6) is 11.6 Å². The Morgan fingerprint density at radius 2 is 1.94 bits per heavy atom. The van der Waals surface area contributed by atoms with Gasteiger partial charge in [0.25, 0.3) is 0 Å². The van der Waals surface area contributed by atoms with Gasteiger partial charge < -0.3 is 14.6 Å². The lowest BCUT2D eigenvalue weighted by Crippen LogP contribution is -2.05. The molecule has 0 aliphatic heterocycles. The van der Waals surface area contributed by atoms with Crippen molar-refractivity contribution in [1.29, 1.82) is 0 Å². The fourth-order valence-electron chi connectivity index (χ4n) is 3.81. The van der Waals surface area contributed by atoms with Gasteiger partial charge in [0.05, 0.1) is 21.5 Å². The summed E-state index contributed by atoms with van der Waals surface area (Å²) < 4.78 is 22.5. The topological polar surface area (TPSA) is 88.5 Å². The third-order valence-corrected chi connectivity index (χ3v) is 6.49. The maximum absolute atomic E-state index is 14.9. The number of aromatic hydroxyl groups is 2. The number of thiazole rings is 1. The highest BCUT2D eigenvalue weighted by atomic mass is 32.1. The van der Waals surface area contributed by atoms with Crippen molar-refractivity contribution in [3.63, 3.8) is 0 Å². The monoisotopic (exact) mass is 462 g/mol. The Balaban J connectivity index is 1.82. The average Bonchev–Trinajstić information content (AvgIpc) is 3.49. The first-order valence-electron chi connectivity index (χ1n) is 10.3. The average molecular weight is 463 g/mol. The van der Waals surface area contributed by atoms with Crippen molar-refractivity contribution in [1.82, 2.24) is 9.55 Å². The number of hydrogen-bond acceptors (Lipinski definition) is 6. The highest BCUT2D eigenvalue weighted by Gasteiger charge is 2.33. The predicted molar refractivity (Wildman–Crippen MR) is 124 cm³/mol. The summed E-state index contributed by atoms with van der Waals surface area (Å²) in [7, 11) is 0. The molecule has 8 heteroatoms. The fraction of sp³-hybridized carbons (Fsp3) is 0.120. The number of halogens is 1. The molecule has 0 unspecified atom stereocenters. The van der Waals surface area contributed by atoms with E-state index in [4.69, 9.17) is 4.42 Å². The van der Waals surface area contributed by atoms with Gasteiger partial charge in [-0.3, -0.25) is 9.36 Å². The van der Waals surface area contributed by atoms with Crippen molar-refractivity contribution >= 4 is 27.3 Å². The molecule has 3 aromatic heterocycles. The molecule has 33 heavy (non-hydrogen) atoms. The zero-order chi connectivity index (χ0) is 23.3. The van der Waals surface area contributed by atoms with E-state index in [9.17, 15) is 19.4 Å². The van der Waals surface area contributed by atoms with E-state index in [0.717, 1.165) is 16.7 Å². The second-order valence-corrected chi connectivity index (χ2v) is 8.61. The number of aryl methyl sites for hydroxylation is 2. The molecular weight excluding hydrogens is 443 g/mol. The van der Waals surface area contributed by atoms with Gasteiger partial charge in [-0.1, -0.05) is 36.5 Å². The van der Waals surface area contributed by atoms with Crippen molar-refractivity contribution in [3.8, 4) is 28.0 Å². The second kappa shape index (κ2) is 7.90. The lowest BCUT2D eigenvalue weighted by molar-refractivity contribution is 0.101. The molecule has 0 aliphatic carbocycles. The van der Waals surface area contributed by atoms with Gasteiger partial charge in [0.1, 0.15) is 11.6 Å². The second-order valence-electron chi connectivity index (χ2n) is 7.60. The third-order valence-electron chi connectivity index (χ3n) is 5.48. The first-order chi connectivity index (χ1) is 15.9. The number of aromatic nitrogens is 2. The van der Waals surface area contributed by atoms with Crippen LogP contribution in [-0.4, -0.2) is 25.5 Å².